The Morgan fingerprint density at radius 3 is 1.62 bits per heavy atom. The van der Waals surface area contributed by atoms with Crippen molar-refractivity contribution in [3.8, 4) is 0 Å². The first-order valence-corrected chi connectivity index (χ1v) is 25.3. The molecule has 6 N–H and O–H groups in total. The van der Waals surface area contributed by atoms with Gasteiger partial charge in [0.05, 0.1) is 43.2 Å². The summed E-state index contributed by atoms with van der Waals surface area (Å²) in [6.07, 6.45) is 15.3. The van der Waals surface area contributed by atoms with Crippen LogP contribution in [0.25, 0.3) is 0 Å². The molecule has 18 atom stereocenters. The van der Waals surface area contributed by atoms with Gasteiger partial charge < -0.3 is 35.4 Å². The zero-order valence-corrected chi connectivity index (χ0v) is 42.4. The van der Waals surface area contributed by atoms with Crippen molar-refractivity contribution >= 4 is 5.78 Å². The van der Waals surface area contributed by atoms with E-state index in [1.165, 1.54) is 51.4 Å². The third-order valence-electron chi connectivity index (χ3n) is 15.2. The molecule has 60 heavy (non-hydrogen) atoms. The molecule has 2 bridgehead atoms. The molecule has 0 aliphatic heterocycles. The summed E-state index contributed by atoms with van der Waals surface area (Å²) in [5.41, 5.74) is 0. The lowest BCUT2D eigenvalue weighted by atomic mass is 9.69. The van der Waals surface area contributed by atoms with E-state index in [0.29, 0.717) is 55.0 Å². The van der Waals surface area contributed by atoms with Crippen LogP contribution in [0, 0.1) is 71.0 Å². The summed E-state index contributed by atoms with van der Waals surface area (Å²) in [5, 5.41) is 55.5. The van der Waals surface area contributed by atoms with Gasteiger partial charge in [-0.05, 0) is 137 Å². The standard InChI is InChI=1S/C12H24O.C10H18O.C9H18O2.C9H18O.C8H18O2.C4H10O/c1-5-8(2)11-6-9(3)10(4)12(13)7-11;1-3-7-4-8-5-9(7)10(11)6(8)2;1-4-7(3)9(11)6-8(10)5-2;1-3-8-5-4-7(2)9(10)6-8;1-4-7(2)5-10-6-8(3)9;1-3-4(2)5/h8-13H,5-7H2,1-4H3;6-11H,3-5H2,1-2H3;7-8,10H,4-6H2,1-3H3;7-10H,3-6H2,1-2H3;7-9H,4-6H2,1-3H3;4-5H,3H2,1-2H3. The van der Waals surface area contributed by atoms with Gasteiger partial charge in [0.15, 0.2) is 0 Å². The monoisotopic (exact) mass is 859 g/mol. The second-order valence-corrected chi connectivity index (χ2v) is 20.3. The average Bonchev–Trinajstić information content (AvgIpc) is 3.78. The van der Waals surface area contributed by atoms with E-state index < -0.39 is 6.10 Å². The summed E-state index contributed by atoms with van der Waals surface area (Å²) in [4.78, 5) is 11.2. The minimum Gasteiger partial charge on any atom is -0.393 e. The number of rotatable bonds is 15. The van der Waals surface area contributed by atoms with Crippen LogP contribution in [0.5, 0.6) is 0 Å². The number of Topliss-reactive ketones (excluding diaryl/α,β-unsaturated/α-hetero) is 1. The predicted molar refractivity (Wildman–Crippen MR) is 254 cm³/mol. The summed E-state index contributed by atoms with van der Waals surface area (Å²) in [6, 6.07) is 0. The maximum absolute atomic E-state index is 11.2. The molecule has 0 aromatic carbocycles. The van der Waals surface area contributed by atoms with Gasteiger partial charge in [-0.15, -0.1) is 0 Å². The van der Waals surface area contributed by atoms with Gasteiger partial charge in [0, 0.05) is 18.9 Å². The highest BCUT2D eigenvalue weighted by Crippen LogP contribution is 2.52. The van der Waals surface area contributed by atoms with Gasteiger partial charge in [-0.2, -0.15) is 0 Å². The van der Waals surface area contributed by atoms with E-state index in [0.717, 1.165) is 68.3 Å². The van der Waals surface area contributed by atoms with Crippen LogP contribution in [0.2, 0.25) is 0 Å². The molecule has 0 aromatic rings. The smallest absolute Gasteiger partial charge is 0.138 e. The van der Waals surface area contributed by atoms with E-state index in [9.17, 15) is 20.1 Å². The highest BCUT2D eigenvalue weighted by Gasteiger charge is 2.49. The Kier molecular flexibility index (Phi) is 35.6. The fourth-order valence-electron chi connectivity index (χ4n) is 8.79. The lowest BCUT2D eigenvalue weighted by Crippen LogP contribution is -2.35. The van der Waals surface area contributed by atoms with Crippen LogP contribution in [0.3, 0.4) is 0 Å². The summed E-state index contributed by atoms with van der Waals surface area (Å²) >= 11 is 0. The van der Waals surface area contributed by atoms with E-state index >= 15 is 0 Å². The SMILES string of the molecule is CCC(C)C1CC(C)C(C)C(O)C1.CCC(C)COCC(C)O.CCC(C)O.CCC(O)CC(=O)C(C)CC.CCC1CC2CC1C(O)C2C.CCC1CCC(C)C(O)C1. The largest absolute Gasteiger partial charge is 0.393 e. The Bertz CT molecular complexity index is 989. The van der Waals surface area contributed by atoms with Crippen LogP contribution in [-0.2, 0) is 9.53 Å². The number of aliphatic hydroxyl groups excluding tert-OH is 6. The number of ketones is 1. The molecule has 8 heteroatoms. The zero-order chi connectivity index (χ0) is 46.7. The fraction of sp³-hybridized carbons (Fsp3) is 0.981. The van der Waals surface area contributed by atoms with Crippen molar-refractivity contribution in [3.63, 3.8) is 0 Å². The van der Waals surface area contributed by atoms with Crippen molar-refractivity contribution in [3.05, 3.63) is 0 Å². The second kappa shape index (κ2) is 34.8. The lowest BCUT2D eigenvalue weighted by Gasteiger charge is -2.38. The highest BCUT2D eigenvalue weighted by atomic mass is 16.5. The molecule has 18 unspecified atom stereocenters. The third-order valence-corrected chi connectivity index (χ3v) is 15.2. The maximum atomic E-state index is 11.2. The molecule has 0 amide bonds. The minimum atomic E-state index is -0.434. The van der Waals surface area contributed by atoms with E-state index in [-0.39, 0.29) is 42.2 Å². The number of hydrogen-bond donors (Lipinski definition) is 6. The molecule has 8 nitrogen and oxygen atoms in total. The Hall–Kier alpha value is -0.610. The fourth-order valence-corrected chi connectivity index (χ4v) is 8.79. The number of carbonyl (C=O) groups is 1. The van der Waals surface area contributed by atoms with Crippen molar-refractivity contribution < 1.29 is 40.2 Å². The number of ether oxygens (including phenoxy) is 1. The van der Waals surface area contributed by atoms with Gasteiger partial charge in [0.25, 0.3) is 0 Å². The predicted octanol–water partition coefficient (Wildman–Crippen LogP) is 11.3. The van der Waals surface area contributed by atoms with Gasteiger partial charge >= 0.3 is 0 Å². The first kappa shape index (κ1) is 61.5. The van der Waals surface area contributed by atoms with Gasteiger partial charge in [-0.3, -0.25) is 4.79 Å². The first-order valence-electron chi connectivity index (χ1n) is 25.3. The van der Waals surface area contributed by atoms with Crippen molar-refractivity contribution in [1.82, 2.24) is 0 Å². The molecular weight excluding hydrogens is 753 g/mol. The second-order valence-electron chi connectivity index (χ2n) is 20.3. The summed E-state index contributed by atoms with van der Waals surface area (Å²) in [7, 11) is 0. The number of fused-ring (bicyclic) bond motifs is 2. The van der Waals surface area contributed by atoms with E-state index in [4.69, 9.17) is 20.1 Å². The van der Waals surface area contributed by atoms with Crippen LogP contribution in [0.1, 0.15) is 207 Å². The topological polar surface area (TPSA) is 148 Å². The van der Waals surface area contributed by atoms with Crippen molar-refractivity contribution in [2.45, 2.75) is 244 Å². The Labute approximate surface area is 372 Å². The Morgan fingerprint density at radius 2 is 1.22 bits per heavy atom. The van der Waals surface area contributed by atoms with Crippen molar-refractivity contribution in [1.29, 1.82) is 0 Å². The molecule has 4 fully saturated rings. The van der Waals surface area contributed by atoms with Crippen molar-refractivity contribution in [2.75, 3.05) is 13.2 Å². The molecule has 362 valence electrons. The van der Waals surface area contributed by atoms with Crippen LogP contribution >= 0.6 is 0 Å². The Morgan fingerprint density at radius 1 is 0.617 bits per heavy atom. The lowest BCUT2D eigenvalue weighted by molar-refractivity contribution is -0.124. The zero-order valence-electron chi connectivity index (χ0n) is 42.4. The molecule has 0 aromatic heterocycles. The molecule has 0 radical (unpaired) electrons. The van der Waals surface area contributed by atoms with Gasteiger partial charge in [0.1, 0.15) is 5.78 Å². The van der Waals surface area contributed by atoms with Crippen LogP contribution in [0.15, 0.2) is 0 Å². The van der Waals surface area contributed by atoms with E-state index in [1.54, 1.807) is 13.8 Å². The highest BCUT2D eigenvalue weighted by molar-refractivity contribution is 5.80. The number of carbonyl (C=O) groups excluding carboxylic acids is 1. The molecule has 0 spiro atoms. The van der Waals surface area contributed by atoms with Gasteiger partial charge in [-0.1, -0.05) is 129 Å². The maximum Gasteiger partial charge on any atom is 0.138 e. The molecule has 0 saturated heterocycles. The Balaban J connectivity index is 0. The van der Waals surface area contributed by atoms with Gasteiger partial charge in [-0.25, -0.2) is 0 Å². The van der Waals surface area contributed by atoms with Gasteiger partial charge in [0.2, 0.25) is 0 Å². The number of aliphatic hydroxyl groups is 6. The molecule has 4 aliphatic carbocycles. The van der Waals surface area contributed by atoms with Crippen LogP contribution in [-0.4, -0.2) is 86.3 Å². The molecule has 4 saturated carbocycles. The van der Waals surface area contributed by atoms with E-state index in [1.807, 2.05) is 27.7 Å². The molecule has 4 aliphatic rings. The molecule has 0 heterocycles. The average molecular weight is 859 g/mol. The van der Waals surface area contributed by atoms with Crippen LogP contribution in [0.4, 0.5) is 0 Å². The normalized spacial score (nSPS) is 33.4. The summed E-state index contributed by atoms with van der Waals surface area (Å²) in [6.45, 7) is 34.6. The van der Waals surface area contributed by atoms with Crippen LogP contribution < -0.4 is 0 Å². The quantitative estimate of drug-likeness (QED) is 0.0954. The van der Waals surface area contributed by atoms with Crippen molar-refractivity contribution in [2.24, 2.45) is 71.0 Å². The number of hydrogen-bond acceptors (Lipinski definition) is 8. The van der Waals surface area contributed by atoms with E-state index in [2.05, 4.69) is 69.2 Å². The first-order chi connectivity index (χ1) is 28.1. The summed E-state index contributed by atoms with van der Waals surface area (Å²) in [5.74, 6) is 7.90. The third kappa shape index (κ3) is 25.6. The summed E-state index contributed by atoms with van der Waals surface area (Å²) < 4.78 is 5.20. The molecule has 4 rings (SSSR count). The molecular formula is C52H106O8. The minimum absolute atomic E-state index is 0.0151.